The number of rotatable bonds is 6. The molecule has 2 heterocycles. The molecule has 0 saturated heterocycles. The molecule has 1 aromatic heterocycles. The van der Waals surface area contributed by atoms with Gasteiger partial charge in [-0.15, -0.1) is 0 Å². The van der Waals surface area contributed by atoms with Crippen molar-refractivity contribution in [2.45, 2.75) is 12.3 Å². The summed E-state index contributed by atoms with van der Waals surface area (Å²) in [4.78, 5) is 19.4. The lowest BCUT2D eigenvalue weighted by Crippen LogP contribution is -2.05. The van der Waals surface area contributed by atoms with Gasteiger partial charge in [-0.3, -0.25) is 0 Å². The van der Waals surface area contributed by atoms with Crippen molar-refractivity contribution in [3.8, 4) is 11.5 Å². The lowest BCUT2D eigenvalue weighted by atomic mass is 9.97. The van der Waals surface area contributed by atoms with Crippen molar-refractivity contribution in [2.24, 2.45) is 0 Å². The third-order valence-electron chi connectivity index (χ3n) is 4.90. The molecule has 1 aliphatic rings. The topological polar surface area (TPSA) is 85.4 Å². The number of carbonyl (C=O) groups is 1. The Labute approximate surface area is 160 Å². The normalized spacial score (nSPS) is 15.0. The Morgan fingerprint density at radius 2 is 2.04 bits per heavy atom. The van der Waals surface area contributed by atoms with Crippen LogP contribution in [0.5, 0.6) is 11.5 Å². The number of fused-ring (bicyclic) bond motifs is 2. The van der Waals surface area contributed by atoms with E-state index < -0.39 is 0 Å². The lowest BCUT2D eigenvalue weighted by molar-refractivity contribution is -0.108. The number of aldehydes is 1. The molecule has 8 heteroatoms. The monoisotopic (exact) mass is 382 g/mol. The highest BCUT2D eigenvalue weighted by molar-refractivity contribution is 5.93. The maximum atomic E-state index is 15.2. The van der Waals surface area contributed by atoms with Gasteiger partial charge in [0.25, 0.3) is 0 Å². The molecule has 1 aliphatic heterocycles. The van der Waals surface area contributed by atoms with E-state index in [1.54, 1.807) is 38.5 Å². The Kier molecular flexibility index (Phi) is 4.68. The minimum Gasteiger partial charge on any atom is -0.493 e. The molecule has 0 saturated carbocycles. The zero-order valence-corrected chi connectivity index (χ0v) is 15.5. The molecule has 0 spiro atoms. The fourth-order valence-electron chi connectivity index (χ4n) is 3.51. The SMILES string of the molecule is COc1cc2ncnc(Nc3ccc4c(c3F)C(CC=O)CN4)c2cc1OC. The molecule has 2 aromatic carbocycles. The van der Waals surface area contributed by atoms with Gasteiger partial charge >= 0.3 is 0 Å². The van der Waals surface area contributed by atoms with Crippen LogP contribution in [0.25, 0.3) is 10.9 Å². The summed E-state index contributed by atoms with van der Waals surface area (Å²) in [7, 11) is 3.09. The molecule has 3 aromatic rings. The number of carbonyl (C=O) groups excluding carboxylic acids is 1. The van der Waals surface area contributed by atoms with Crippen LogP contribution in [0.15, 0.2) is 30.6 Å². The van der Waals surface area contributed by atoms with E-state index in [1.807, 2.05) is 0 Å². The number of benzene rings is 2. The second-order valence-corrected chi connectivity index (χ2v) is 6.44. The number of aromatic nitrogens is 2. The molecule has 0 fully saturated rings. The first-order valence-corrected chi connectivity index (χ1v) is 8.80. The maximum absolute atomic E-state index is 15.2. The third kappa shape index (κ3) is 2.96. The third-order valence-corrected chi connectivity index (χ3v) is 4.90. The number of hydrogen-bond acceptors (Lipinski definition) is 7. The van der Waals surface area contributed by atoms with Gasteiger partial charge in [0.2, 0.25) is 0 Å². The smallest absolute Gasteiger partial charge is 0.162 e. The molecule has 2 N–H and O–H groups in total. The van der Waals surface area contributed by atoms with Crippen LogP contribution >= 0.6 is 0 Å². The summed E-state index contributed by atoms with van der Waals surface area (Å²) >= 11 is 0. The van der Waals surface area contributed by atoms with Gasteiger partial charge in [-0.1, -0.05) is 0 Å². The van der Waals surface area contributed by atoms with Crippen molar-refractivity contribution >= 4 is 34.4 Å². The minimum absolute atomic E-state index is 0.180. The van der Waals surface area contributed by atoms with Gasteiger partial charge in [-0.2, -0.15) is 0 Å². The quantitative estimate of drug-likeness (QED) is 0.630. The fraction of sp³-hybridized carbons (Fsp3) is 0.250. The van der Waals surface area contributed by atoms with Gasteiger partial charge in [-0.25, -0.2) is 14.4 Å². The zero-order valence-electron chi connectivity index (χ0n) is 15.5. The summed E-state index contributed by atoms with van der Waals surface area (Å²) in [5, 5.41) is 6.87. The van der Waals surface area contributed by atoms with Gasteiger partial charge in [0.15, 0.2) is 17.3 Å². The Hall–Kier alpha value is -3.42. The molecule has 144 valence electrons. The number of halogens is 1. The predicted molar refractivity (Wildman–Crippen MR) is 104 cm³/mol. The van der Waals surface area contributed by atoms with E-state index in [1.165, 1.54) is 6.33 Å². The number of anilines is 3. The van der Waals surface area contributed by atoms with Crippen LogP contribution in [-0.2, 0) is 4.79 Å². The Morgan fingerprint density at radius 1 is 1.25 bits per heavy atom. The predicted octanol–water partition coefficient (Wildman–Crippen LogP) is 3.63. The largest absolute Gasteiger partial charge is 0.493 e. The standard InChI is InChI=1S/C20H19FN4O3/c1-27-16-7-12-15(8-17(16)28-2)23-10-24-20(12)25-14-4-3-13-18(19(14)21)11(5-6-26)9-22-13/h3-4,6-8,10-11,22H,5,9H2,1-2H3,(H,23,24,25). The highest BCUT2D eigenvalue weighted by Gasteiger charge is 2.27. The maximum Gasteiger partial charge on any atom is 0.162 e. The van der Waals surface area contributed by atoms with Crippen LogP contribution in [0, 0.1) is 5.82 Å². The first-order valence-electron chi connectivity index (χ1n) is 8.80. The highest BCUT2D eigenvalue weighted by Crippen LogP contribution is 2.40. The summed E-state index contributed by atoms with van der Waals surface area (Å²) in [6, 6.07) is 6.94. The van der Waals surface area contributed by atoms with Crippen LogP contribution in [0.4, 0.5) is 21.6 Å². The molecule has 28 heavy (non-hydrogen) atoms. The van der Waals surface area contributed by atoms with E-state index in [4.69, 9.17) is 9.47 Å². The van der Waals surface area contributed by atoms with E-state index in [9.17, 15) is 4.79 Å². The number of nitrogens with zero attached hydrogens (tertiary/aromatic N) is 2. The summed E-state index contributed by atoms with van der Waals surface area (Å²) in [6.07, 6.45) is 2.49. The molecule has 0 amide bonds. The Bertz CT molecular complexity index is 1060. The highest BCUT2D eigenvalue weighted by atomic mass is 19.1. The molecule has 0 radical (unpaired) electrons. The number of ether oxygens (including phenoxy) is 2. The summed E-state index contributed by atoms with van der Waals surface area (Å²) in [5.74, 6) is 0.952. The second-order valence-electron chi connectivity index (χ2n) is 6.44. The molecule has 7 nitrogen and oxygen atoms in total. The van der Waals surface area contributed by atoms with E-state index in [0.717, 1.165) is 6.29 Å². The van der Waals surface area contributed by atoms with Gasteiger partial charge in [0.1, 0.15) is 18.4 Å². The van der Waals surface area contributed by atoms with Crippen LogP contribution in [0.3, 0.4) is 0 Å². The molecule has 4 rings (SSSR count). The Morgan fingerprint density at radius 3 is 2.79 bits per heavy atom. The second kappa shape index (κ2) is 7.30. The van der Waals surface area contributed by atoms with Crippen LogP contribution in [-0.4, -0.2) is 37.0 Å². The first kappa shape index (κ1) is 18.0. The first-order chi connectivity index (χ1) is 13.7. The minimum atomic E-state index is -0.387. The van der Waals surface area contributed by atoms with Crippen LogP contribution in [0.2, 0.25) is 0 Å². The average molecular weight is 382 g/mol. The molecule has 1 atom stereocenters. The number of nitrogens with one attached hydrogen (secondary N) is 2. The van der Waals surface area contributed by atoms with Crippen molar-refractivity contribution in [1.82, 2.24) is 9.97 Å². The van der Waals surface area contributed by atoms with E-state index in [0.29, 0.717) is 46.0 Å². The molecule has 0 bridgehead atoms. The van der Waals surface area contributed by atoms with Gasteiger partial charge < -0.3 is 24.9 Å². The number of hydrogen-bond donors (Lipinski definition) is 2. The summed E-state index contributed by atoms with van der Waals surface area (Å²) in [6.45, 7) is 0.544. The lowest BCUT2D eigenvalue weighted by Gasteiger charge is -2.14. The van der Waals surface area contributed by atoms with E-state index >= 15 is 4.39 Å². The molecule has 0 aliphatic carbocycles. The molecule has 1 unspecified atom stereocenters. The number of methoxy groups -OCH3 is 2. The van der Waals surface area contributed by atoms with Crippen molar-refractivity contribution in [1.29, 1.82) is 0 Å². The van der Waals surface area contributed by atoms with E-state index in [-0.39, 0.29) is 23.8 Å². The fourth-order valence-corrected chi connectivity index (χ4v) is 3.51. The van der Waals surface area contributed by atoms with Gasteiger partial charge in [-0.05, 0) is 18.2 Å². The van der Waals surface area contributed by atoms with Crippen molar-refractivity contribution in [3.05, 3.63) is 42.0 Å². The summed E-state index contributed by atoms with van der Waals surface area (Å²) in [5.41, 5.74) is 2.16. The van der Waals surface area contributed by atoms with Crippen LogP contribution in [0.1, 0.15) is 17.9 Å². The van der Waals surface area contributed by atoms with Gasteiger partial charge in [0, 0.05) is 41.6 Å². The zero-order chi connectivity index (χ0) is 19.7. The summed E-state index contributed by atoms with van der Waals surface area (Å²) < 4.78 is 25.8. The van der Waals surface area contributed by atoms with Gasteiger partial charge in [0.05, 0.1) is 25.4 Å². The average Bonchev–Trinajstić information content (AvgIpc) is 3.13. The van der Waals surface area contributed by atoms with Crippen molar-refractivity contribution in [2.75, 3.05) is 31.4 Å². The molecular weight excluding hydrogens is 363 g/mol. The van der Waals surface area contributed by atoms with E-state index in [2.05, 4.69) is 20.6 Å². The van der Waals surface area contributed by atoms with Crippen molar-refractivity contribution < 1.29 is 18.7 Å². The Balaban J connectivity index is 1.77. The molecular formula is C20H19FN4O3. The van der Waals surface area contributed by atoms with Crippen molar-refractivity contribution in [3.63, 3.8) is 0 Å². The van der Waals surface area contributed by atoms with Crippen LogP contribution < -0.4 is 20.1 Å².